The summed E-state index contributed by atoms with van der Waals surface area (Å²) in [5.74, 6) is 6.74. The highest BCUT2D eigenvalue weighted by molar-refractivity contribution is 5.99. The number of carbonyl (C=O) groups excluding carboxylic acids is 2. The van der Waals surface area contributed by atoms with Gasteiger partial charge in [-0.25, -0.2) is 9.59 Å². The van der Waals surface area contributed by atoms with Crippen molar-refractivity contribution in [3.05, 3.63) is 35.9 Å². The number of benzene rings is 1. The van der Waals surface area contributed by atoms with Crippen molar-refractivity contribution < 1.29 is 19.1 Å². The van der Waals surface area contributed by atoms with E-state index in [0.717, 1.165) is 5.56 Å². The van der Waals surface area contributed by atoms with Gasteiger partial charge in [-0.2, -0.15) is 0 Å². The number of ether oxygens (including phenoxy) is 2. The monoisotopic (exact) mass is 443 g/mol. The maximum absolute atomic E-state index is 12.4. The third-order valence-electron chi connectivity index (χ3n) is 3.86. The fraction of sp³-hybridized carbons (Fsp3) is 0.560. The molecular weight excluding hydrogens is 406 g/mol. The van der Waals surface area contributed by atoms with E-state index >= 15 is 0 Å². The van der Waals surface area contributed by atoms with Gasteiger partial charge in [-0.1, -0.05) is 43.9 Å². The van der Waals surface area contributed by atoms with E-state index in [0.29, 0.717) is 12.3 Å². The van der Waals surface area contributed by atoms with Gasteiger partial charge in [0.05, 0.1) is 6.04 Å². The van der Waals surface area contributed by atoms with Gasteiger partial charge in [-0.15, -0.1) is 4.99 Å². The van der Waals surface area contributed by atoms with Crippen LogP contribution in [0.15, 0.2) is 35.3 Å². The maximum Gasteiger partial charge on any atom is 0.437 e. The molecule has 7 heteroatoms. The summed E-state index contributed by atoms with van der Waals surface area (Å²) in [5, 5.41) is 2.59. The summed E-state index contributed by atoms with van der Waals surface area (Å²) >= 11 is 0. The molecule has 0 heterocycles. The summed E-state index contributed by atoms with van der Waals surface area (Å²) in [4.78, 5) is 30.5. The van der Waals surface area contributed by atoms with E-state index < -0.39 is 23.4 Å². The van der Waals surface area contributed by atoms with Crippen molar-refractivity contribution >= 4 is 18.1 Å². The molecule has 0 aliphatic heterocycles. The Balaban J connectivity index is 3.27. The van der Waals surface area contributed by atoms with Crippen molar-refractivity contribution in [2.45, 2.75) is 79.1 Å². The quantitative estimate of drug-likeness (QED) is 0.394. The first-order valence-corrected chi connectivity index (χ1v) is 10.8. The fourth-order valence-electron chi connectivity index (χ4n) is 2.56. The Bertz CT molecular complexity index is 853. The third kappa shape index (κ3) is 11.4. The third-order valence-corrected chi connectivity index (χ3v) is 3.86. The predicted molar refractivity (Wildman–Crippen MR) is 127 cm³/mol. The topological polar surface area (TPSA) is 80.2 Å². The molecule has 1 aromatic carbocycles. The lowest BCUT2D eigenvalue weighted by Gasteiger charge is -2.29. The van der Waals surface area contributed by atoms with Gasteiger partial charge < -0.3 is 14.4 Å². The average Bonchev–Trinajstić information content (AvgIpc) is 2.61. The molecular formula is C25H37N3O4. The highest BCUT2D eigenvalue weighted by atomic mass is 16.6. The second-order valence-electron chi connectivity index (χ2n) is 9.93. The van der Waals surface area contributed by atoms with Crippen LogP contribution in [0.3, 0.4) is 0 Å². The maximum atomic E-state index is 12.4. The number of hydrogen-bond donors (Lipinski definition) is 1. The van der Waals surface area contributed by atoms with E-state index in [4.69, 9.17) is 9.47 Å². The van der Waals surface area contributed by atoms with Gasteiger partial charge in [-0.3, -0.25) is 5.32 Å². The molecule has 1 rings (SSSR count). The highest BCUT2D eigenvalue weighted by Crippen LogP contribution is 2.13. The second kappa shape index (κ2) is 11.6. The Kier molecular flexibility index (Phi) is 9.77. The molecule has 7 nitrogen and oxygen atoms in total. The van der Waals surface area contributed by atoms with Crippen LogP contribution in [0.25, 0.3) is 0 Å². The summed E-state index contributed by atoms with van der Waals surface area (Å²) < 4.78 is 10.7. The lowest BCUT2D eigenvalue weighted by molar-refractivity contribution is 0.0554. The van der Waals surface area contributed by atoms with Crippen molar-refractivity contribution in [3.63, 3.8) is 0 Å². The number of hydrogen-bond acceptors (Lipinski definition) is 4. The summed E-state index contributed by atoms with van der Waals surface area (Å²) in [6, 6.07) is 9.31. The summed E-state index contributed by atoms with van der Waals surface area (Å²) in [6.45, 7) is 14.7. The van der Waals surface area contributed by atoms with Crippen molar-refractivity contribution in [2.24, 2.45) is 10.9 Å². The number of alkyl carbamates (subject to hydrolysis) is 1. The zero-order valence-electron chi connectivity index (χ0n) is 20.8. The molecule has 0 aromatic heterocycles. The summed E-state index contributed by atoms with van der Waals surface area (Å²) in [7, 11) is 1.73. The molecule has 1 aromatic rings. The average molecular weight is 444 g/mol. The fourth-order valence-corrected chi connectivity index (χ4v) is 2.56. The van der Waals surface area contributed by atoms with Crippen LogP contribution >= 0.6 is 0 Å². The summed E-state index contributed by atoms with van der Waals surface area (Å²) in [6.07, 6.45) is -0.833. The van der Waals surface area contributed by atoms with E-state index in [1.807, 2.05) is 30.3 Å². The van der Waals surface area contributed by atoms with Crippen molar-refractivity contribution in [3.8, 4) is 11.8 Å². The number of rotatable bonds is 3. The Morgan fingerprint density at radius 3 is 2.09 bits per heavy atom. The molecule has 2 amide bonds. The zero-order valence-corrected chi connectivity index (χ0v) is 20.8. The lowest BCUT2D eigenvalue weighted by atomic mass is 10.0. The van der Waals surface area contributed by atoms with Crippen LogP contribution in [0.5, 0.6) is 0 Å². The predicted octanol–water partition coefficient (Wildman–Crippen LogP) is 5.20. The van der Waals surface area contributed by atoms with Crippen molar-refractivity contribution in [2.75, 3.05) is 7.05 Å². The summed E-state index contributed by atoms with van der Waals surface area (Å²) in [5.41, 5.74) is -0.550. The van der Waals surface area contributed by atoms with Crippen LogP contribution in [-0.4, -0.2) is 47.3 Å². The number of guanidine groups is 1. The molecule has 32 heavy (non-hydrogen) atoms. The first-order chi connectivity index (χ1) is 14.7. The van der Waals surface area contributed by atoms with E-state index in [1.54, 1.807) is 53.5 Å². The van der Waals surface area contributed by atoms with Gasteiger partial charge in [0.25, 0.3) is 0 Å². The SMILES string of the molecule is CC(C)CC(C#Cc1ccccc1)N(C)/C(=N\C(=O)OC(C)(C)C)NC(=O)OC(C)(C)C. The van der Waals surface area contributed by atoms with Gasteiger partial charge in [0, 0.05) is 12.6 Å². The smallest absolute Gasteiger partial charge is 0.437 e. The molecule has 1 atom stereocenters. The molecule has 0 aliphatic carbocycles. The Labute approximate surface area is 192 Å². The number of amides is 2. The molecule has 176 valence electrons. The molecule has 0 bridgehead atoms. The van der Waals surface area contributed by atoms with E-state index in [-0.39, 0.29) is 12.0 Å². The van der Waals surface area contributed by atoms with E-state index in [2.05, 4.69) is 36.0 Å². The number of nitrogens with one attached hydrogen (secondary N) is 1. The first kappa shape index (κ1) is 27.0. The van der Waals surface area contributed by atoms with Gasteiger partial charge in [0.15, 0.2) is 0 Å². The van der Waals surface area contributed by atoms with Crippen LogP contribution in [0.1, 0.15) is 67.4 Å². The molecule has 0 fully saturated rings. The Hall–Kier alpha value is -3.01. The van der Waals surface area contributed by atoms with Gasteiger partial charge >= 0.3 is 12.2 Å². The normalized spacial score (nSPS) is 13.0. The first-order valence-electron chi connectivity index (χ1n) is 10.8. The number of aliphatic imine (C=N–C) groups is 1. The van der Waals surface area contributed by atoms with Gasteiger partial charge in [0.1, 0.15) is 11.2 Å². The zero-order chi connectivity index (χ0) is 24.5. The highest BCUT2D eigenvalue weighted by Gasteiger charge is 2.25. The van der Waals surface area contributed by atoms with Crippen LogP contribution in [0, 0.1) is 17.8 Å². The second-order valence-corrected chi connectivity index (χ2v) is 9.93. The van der Waals surface area contributed by atoms with E-state index in [1.165, 1.54) is 0 Å². The molecule has 0 radical (unpaired) electrons. The van der Waals surface area contributed by atoms with Gasteiger partial charge in [0.2, 0.25) is 5.96 Å². The van der Waals surface area contributed by atoms with Crippen LogP contribution in [0.2, 0.25) is 0 Å². The van der Waals surface area contributed by atoms with Crippen LogP contribution in [-0.2, 0) is 9.47 Å². The van der Waals surface area contributed by atoms with E-state index in [9.17, 15) is 9.59 Å². The molecule has 0 saturated heterocycles. The molecule has 1 N–H and O–H groups in total. The van der Waals surface area contributed by atoms with Crippen molar-refractivity contribution in [1.82, 2.24) is 10.2 Å². The molecule has 1 unspecified atom stereocenters. The van der Waals surface area contributed by atoms with Crippen LogP contribution in [0.4, 0.5) is 9.59 Å². The standard InChI is InChI=1S/C25H37N3O4/c1-18(2)17-20(16-15-19-13-11-10-12-14-19)28(9)21(26-22(29)31-24(3,4)5)27-23(30)32-25(6,7)8/h10-14,18,20H,17H2,1-9H3,(H,26,27,29,30). The Morgan fingerprint density at radius 2 is 1.59 bits per heavy atom. The lowest BCUT2D eigenvalue weighted by Crippen LogP contribution is -2.48. The van der Waals surface area contributed by atoms with Gasteiger partial charge in [-0.05, 0) is 66.0 Å². The number of nitrogens with zero attached hydrogens (tertiary/aromatic N) is 2. The number of carbonyl (C=O) groups is 2. The van der Waals surface area contributed by atoms with Crippen molar-refractivity contribution in [1.29, 1.82) is 0 Å². The molecule has 0 saturated carbocycles. The largest absolute Gasteiger partial charge is 0.444 e. The molecule has 0 aliphatic rings. The van der Waals surface area contributed by atoms with Crippen LogP contribution < -0.4 is 5.32 Å². The Morgan fingerprint density at radius 1 is 1.03 bits per heavy atom. The minimum atomic E-state index is -0.810. The minimum absolute atomic E-state index is 0.0153. The molecule has 0 spiro atoms. The minimum Gasteiger partial charge on any atom is -0.444 e.